The van der Waals surface area contributed by atoms with Crippen LogP contribution >= 0.6 is 0 Å². The van der Waals surface area contributed by atoms with Gasteiger partial charge in [0.15, 0.2) is 0 Å². The van der Waals surface area contributed by atoms with E-state index in [9.17, 15) is 9.70 Å². The van der Waals surface area contributed by atoms with Gasteiger partial charge in [-0.2, -0.15) is 0 Å². The minimum Gasteiger partial charge on any atom is -0.306 e. The van der Waals surface area contributed by atoms with Crippen LogP contribution in [-0.2, 0) is 4.79 Å². The first kappa shape index (κ1) is 13.1. The first-order valence-corrected chi connectivity index (χ1v) is 7.91. The zero-order valence-electron chi connectivity index (χ0n) is 12.6. The SMILES string of the molecule is CC(=O)C1CCC2NCC3=C2C1=C1C=C[N+](=O)C(C)C1C3. The molecule has 0 amide bonds. The molecule has 4 atom stereocenters. The third kappa shape index (κ3) is 1.75. The molecular formula is C17H21N2O2+. The molecule has 0 radical (unpaired) electrons. The molecule has 0 aromatic heterocycles. The Kier molecular flexibility index (Phi) is 2.80. The lowest BCUT2D eigenvalue weighted by Crippen LogP contribution is -2.38. The van der Waals surface area contributed by atoms with E-state index in [2.05, 4.69) is 5.32 Å². The molecule has 4 rings (SSSR count). The van der Waals surface area contributed by atoms with E-state index in [1.54, 1.807) is 13.1 Å². The summed E-state index contributed by atoms with van der Waals surface area (Å²) in [5, 5.41) is 3.59. The number of carbonyl (C=O) groups is 1. The fraction of sp³-hybridized carbons (Fsp3) is 0.588. The minimum absolute atomic E-state index is 0.0269. The van der Waals surface area contributed by atoms with E-state index in [4.69, 9.17) is 0 Å². The lowest BCUT2D eigenvalue weighted by atomic mass is 9.66. The van der Waals surface area contributed by atoms with E-state index in [1.807, 2.05) is 13.0 Å². The van der Waals surface area contributed by atoms with Gasteiger partial charge < -0.3 is 5.32 Å². The highest BCUT2D eigenvalue weighted by Gasteiger charge is 2.47. The molecule has 4 unspecified atom stereocenters. The molecule has 110 valence electrons. The fourth-order valence-electron chi connectivity index (χ4n) is 4.61. The van der Waals surface area contributed by atoms with Crippen molar-refractivity contribution in [2.45, 2.75) is 45.2 Å². The summed E-state index contributed by atoms with van der Waals surface area (Å²) in [5.74, 6) is 0.529. The van der Waals surface area contributed by atoms with Crippen molar-refractivity contribution in [2.75, 3.05) is 6.54 Å². The summed E-state index contributed by atoms with van der Waals surface area (Å²) in [6.45, 7) is 4.63. The normalized spacial score (nSPS) is 37.7. The molecule has 1 saturated carbocycles. The monoisotopic (exact) mass is 285 g/mol. The van der Waals surface area contributed by atoms with Crippen molar-refractivity contribution in [3.8, 4) is 0 Å². The largest absolute Gasteiger partial charge is 0.306 e. The molecule has 2 aliphatic carbocycles. The second kappa shape index (κ2) is 4.47. The van der Waals surface area contributed by atoms with E-state index < -0.39 is 0 Å². The second-order valence-corrected chi connectivity index (χ2v) is 6.79. The zero-order valence-corrected chi connectivity index (χ0v) is 12.6. The van der Waals surface area contributed by atoms with E-state index in [0.29, 0.717) is 6.04 Å². The molecule has 0 bridgehead atoms. The zero-order chi connectivity index (χ0) is 14.7. The molecule has 0 spiro atoms. The van der Waals surface area contributed by atoms with Crippen LogP contribution in [0.1, 0.15) is 33.1 Å². The fourth-order valence-corrected chi connectivity index (χ4v) is 4.61. The highest BCUT2D eigenvalue weighted by Crippen LogP contribution is 2.49. The van der Waals surface area contributed by atoms with E-state index >= 15 is 0 Å². The van der Waals surface area contributed by atoms with Crippen LogP contribution in [0.2, 0.25) is 0 Å². The molecule has 4 heteroatoms. The molecular weight excluding hydrogens is 264 g/mol. The van der Waals surface area contributed by atoms with Crippen molar-refractivity contribution in [3.63, 3.8) is 0 Å². The number of nitrogens with zero attached hydrogens (tertiary/aromatic N) is 1. The topological polar surface area (TPSA) is 49.2 Å². The van der Waals surface area contributed by atoms with Crippen LogP contribution < -0.4 is 5.32 Å². The number of rotatable bonds is 1. The molecule has 0 aromatic rings. The van der Waals surface area contributed by atoms with Crippen LogP contribution in [0.5, 0.6) is 0 Å². The number of allylic oxidation sites excluding steroid dienone is 1. The van der Waals surface area contributed by atoms with Gasteiger partial charge in [0.2, 0.25) is 12.2 Å². The van der Waals surface area contributed by atoms with Crippen molar-refractivity contribution < 1.29 is 9.55 Å². The number of hydrogen-bond donors (Lipinski definition) is 1. The Balaban J connectivity index is 1.92. The van der Waals surface area contributed by atoms with Gasteiger partial charge in [0.05, 0.1) is 5.92 Å². The van der Waals surface area contributed by atoms with Crippen LogP contribution in [0.25, 0.3) is 0 Å². The number of nitroso groups, excluding NO2 is 1. The Morgan fingerprint density at radius 2 is 2.14 bits per heavy atom. The summed E-state index contributed by atoms with van der Waals surface area (Å²) in [5.41, 5.74) is 5.35. The molecule has 1 N–H and O–H groups in total. The number of hydrogen-bond acceptors (Lipinski definition) is 3. The van der Waals surface area contributed by atoms with Gasteiger partial charge in [-0.3, -0.25) is 4.79 Å². The van der Waals surface area contributed by atoms with Gasteiger partial charge in [-0.15, -0.1) is 0 Å². The second-order valence-electron chi connectivity index (χ2n) is 6.79. The summed E-state index contributed by atoms with van der Waals surface area (Å²) in [4.78, 5) is 24.1. The molecule has 1 fully saturated rings. The highest BCUT2D eigenvalue weighted by atomic mass is 16.3. The van der Waals surface area contributed by atoms with Crippen molar-refractivity contribution in [3.05, 3.63) is 39.5 Å². The maximum absolute atomic E-state index is 12.1. The number of fused-ring (bicyclic) bond motifs is 1. The molecule has 4 nitrogen and oxygen atoms in total. The Labute approximate surface area is 124 Å². The van der Waals surface area contributed by atoms with Crippen LogP contribution in [0.4, 0.5) is 0 Å². The molecule has 4 aliphatic rings. The Hall–Kier alpha value is -1.55. The summed E-state index contributed by atoms with van der Waals surface area (Å²) in [6, 6.07) is 0.383. The van der Waals surface area contributed by atoms with Crippen LogP contribution in [0.3, 0.4) is 0 Å². The first-order chi connectivity index (χ1) is 10.1. The van der Waals surface area contributed by atoms with Gasteiger partial charge in [0.1, 0.15) is 5.78 Å². The third-order valence-corrected chi connectivity index (χ3v) is 5.73. The van der Waals surface area contributed by atoms with Crippen molar-refractivity contribution in [1.29, 1.82) is 0 Å². The van der Waals surface area contributed by atoms with Gasteiger partial charge in [-0.1, -0.05) is 5.57 Å². The van der Waals surface area contributed by atoms with Crippen LogP contribution in [0, 0.1) is 16.7 Å². The summed E-state index contributed by atoms with van der Waals surface area (Å²) in [7, 11) is 0. The molecule has 0 aromatic carbocycles. The average molecular weight is 285 g/mol. The molecule has 21 heavy (non-hydrogen) atoms. The van der Waals surface area contributed by atoms with Crippen molar-refractivity contribution in [1.82, 2.24) is 5.32 Å². The predicted octanol–water partition coefficient (Wildman–Crippen LogP) is 2.27. The summed E-state index contributed by atoms with van der Waals surface area (Å²) >= 11 is 0. The van der Waals surface area contributed by atoms with Gasteiger partial charge in [-0.05, 0) is 42.9 Å². The lowest BCUT2D eigenvalue weighted by Gasteiger charge is -2.38. The summed E-state index contributed by atoms with van der Waals surface area (Å²) < 4.78 is 1.06. The first-order valence-electron chi connectivity index (χ1n) is 7.91. The average Bonchev–Trinajstić information content (AvgIpc) is 2.88. The number of nitrogens with one attached hydrogen (secondary N) is 1. The standard InChI is InChI=1S/C17H21N2O2/c1-9-14-7-11-8-18-15-4-3-12(10(2)20)17(16(11)15)13(14)5-6-19(9)21/h5-6,9,12,14-15,18H,3-4,7-8H2,1-2H3/q+1. The minimum atomic E-state index is -0.0415. The smallest absolute Gasteiger partial charge is 0.221 e. The quantitative estimate of drug-likeness (QED) is 0.752. The molecule has 2 aliphatic heterocycles. The van der Waals surface area contributed by atoms with Gasteiger partial charge in [0.25, 0.3) is 0 Å². The van der Waals surface area contributed by atoms with Crippen molar-refractivity contribution in [2.24, 2.45) is 11.8 Å². The lowest BCUT2D eigenvalue weighted by molar-refractivity contribution is -0.528. The van der Waals surface area contributed by atoms with Crippen LogP contribution in [-0.4, -0.2) is 29.2 Å². The highest BCUT2D eigenvalue weighted by molar-refractivity contribution is 5.84. The maximum Gasteiger partial charge on any atom is 0.221 e. The Morgan fingerprint density at radius 3 is 2.90 bits per heavy atom. The van der Waals surface area contributed by atoms with Gasteiger partial charge in [0, 0.05) is 41.2 Å². The predicted molar refractivity (Wildman–Crippen MR) is 79.6 cm³/mol. The maximum atomic E-state index is 12.1. The number of ketones is 1. The van der Waals surface area contributed by atoms with E-state index in [0.717, 1.165) is 30.6 Å². The van der Waals surface area contributed by atoms with Crippen LogP contribution in [0.15, 0.2) is 34.6 Å². The third-order valence-electron chi connectivity index (χ3n) is 5.73. The summed E-state index contributed by atoms with van der Waals surface area (Å²) in [6.07, 6.45) is 6.55. The Bertz CT molecular complexity index is 641. The Morgan fingerprint density at radius 1 is 1.33 bits per heavy atom. The molecule has 2 heterocycles. The van der Waals surface area contributed by atoms with E-state index in [-0.39, 0.29) is 23.7 Å². The van der Waals surface area contributed by atoms with Gasteiger partial charge in [-0.25, -0.2) is 0 Å². The van der Waals surface area contributed by atoms with Crippen molar-refractivity contribution >= 4 is 5.78 Å². The molecule has 0 saturated heterocycles. The number of Topliss-reactive ketones (excluding diaryl/α,β-unsaturated/α-hetero) is 1. The number of carbonyl (C=O) groups excluding carboxylic acids is 1. The van der Waals surface area contributed by atoms with Gasteiger partial charge >= 0.3 is 0 Å². The van der Waals surface area contributed by atoms with E-state index in [1.165, 1.54) is 22.3 Å².